The number of alkyl halides is 3. The summed E-state index contributed by atoms with van der Waals surface area (Å²) in [6, 6.07) is 4.69. The highest BCUT2D eigenvalue weighted by molar-refractivity contribution is 5.72. The summed E-state index contributed by atoms with van der Waals surface area (Å²) in [6.07, 6.45) is -2.15. The molecule has 0 saturated carbocycles. The molecule has 1 aromatic carbocycles. The highest BCUT2D eigenvalue weighted by Crippen LogP contribution is 2.36. The van der Waals surface area contributed by atoms with Crippen molar-refractivity contribution in [3.05, 3.63) is 29.8 Å². The molecular formula is C14H15F3O3. The molecule has 1 saturated heterocycles. The van der Waals surface area contributed by atoms with Gasteiger partial charge in [-0.3, -0.25) is 4.79 Å². The number of esters is 1. The van der Waals surface area contributed by atoms with Crippen LogP contribution in [0.2, 0.25) is 0 Å². The van der Waals surface area contributed by atoms with Gasteiger partial charge >= 0.3 is 12.1 Å². The van der Waals surface area contributed by atoms with Gasteiger partial charge in [-0.2, -0.15) is 13.2 Å². The second-order valence-corrected chi connectivity index (χ2v) is 4.64. The number of para-hydroxylation sites is 1. The van der Waals surface area contributed by atoms with Crippen molar-refractivity contribution in [2.45, 2.75) is 38.0 Å². The molecule has 110 valence electrons. The summed E-state index contributed by atoms with van der Waals surface area (Å²) in [7, 11) is 0. The van der Waals surface area contributed by atoms with Crippen LogP contribution in [0.3, 0.4) is 0 Å². The van der Waals surface area contributed by atoms with Gasteiger partial charge in [-0.25, -0.2) is 0 Å². The highest BCUT2D eigenvalue weighted by atomic mass is 19.4. The van der Waals surface area contributed by atoms with Gasteiger partial charge in [0.25, 0.3) is 0 Å². The minimum atomic E-state index is -4.54. The lowest BCUT2D eigenvalue weighted by Crippen LogP contribution is -2.15. The second kappa shape index (κ2) is 6.26. The van der Waals surface area contributed by atoms with Crippen LogP contribution in [0.5, 0.6) is 5.75 Å². The molecule has 20 heavy (non-hydrogen) atoms. The Morgan fingerprint density at radius 1 is 1.35 bits per heavy atom. The third kappa shape index (κ3) is 3.96. The van der Waals surface area contributed by atoms with Crippen molar-refractivity contribution in [3.8, 4) is 5.75 Å². The molecule has 2 rings (SSSR count). The van der Waals surface area contributed by atoms with Gasteiger partial charge in [0.1, 0.15) is 5.75 Å². The van der Waals surface area contributed by atoms with Crippen molar-refractivity contribution in [1.82, 2.24) is 0 Å². The highest BCUT2D eigenvalue weighted by Gasteiger charge is 2.34. The molecule has 1 fully saturated rings. The van der Waals surface area contributed by atoms with E-state index in [4.69, 9.17) is 9.47 Å². The Labute approximate surface area is 114 Å². The molecule has 1 heterocycles. The first-order valence-electron chi connectivity index (χ1n) is 6.45. The van der Waals surface area contributed by atoms with E-state index in [1.807, 2.05) is 0 Å². The van der Waals surface area contributed by atoms with E-state index >= 15 is 0 Å². The lowest BCUT2D eigenvalue weighted by Gasteiger charge is -2.13. The minimum Gasteiger partial charge on any atom is -0.426 e. The zero-order valence-electron chi connectivity index (χ0n) is 10.8. The van der Waals surface area contributed by atoms with Crippen LogP contribution in [0.25, 0.3) is 0 Å². The predicted molar refractivity (Wildman–Crippen MR) is 65.3 cm³/mol. The van der Waals surface area contributed by atoms with Crippen molar-refractivity contribution < 1.29 is 27.4 Å². The third-order valence-electron chi connectivity index (χ3n) is 3.11. The smallest absolute Gasteiger partial charge is 0.419 e. The fourth-order valence-corrected chi connectivity index (χ4v) is 2.11. The molecule has 3 nitrogen and oxygen atoms in total. The largest absolute Gasteiger partial charge is 0.426 e. The van der Waals surface area contributed by atoms with E-state index in [-0.39, 0.29) is 12.5 Å². The lowest BCUT2D eigenvalue weighted by molar-refractivity contribution is -0.142. The zero-order valence-corrected chi connectivity index (χ0v) is 10.8. The number of rotatable bonds is 4. The normalized spacial score (nSPS) is 19.1. The Bertz CT molecular complexity index is 465. The SMILES string of the molecule is O=C(CCC1CCCO1)Oc1ccccc1C(F)(F)F. The van der Waals surface area contributed by atoms with Gasteiger partial charge in [0.05, 0.1) is 11.7 Å². The van der Waals surface area contributed by atoms with Gasteiger partial charge in [-0.05, 0) is 31.4 Å². The van der Waals surface area contributed by atoms with Crippen LogP contribution in [0.15, 0.2) is 24.3 Å². The second-order valence-electron chi connectivity index (χ2n) is 4.64. The Morgan fingerprint density at radius 3 is 2.75 bits per heavy atom. The zero-order chi connectivity index (χ0) is 14.6. The monoisotopic (exact) mass is 288 g/mol. The van der Waals surface area contributed by atoms with Gasteiger partial charge in [-0.15, -0.1) is 0 Å². The lowest BCUT2D eigenvalue weighted by atomic mass is 10.1. The molecule has 0 spiro atoms. The summed E-state index contributed by atoms with van der Waals surface area (Å²) in [5, 5.41) is 0. The molecule has 1 atom stereocenters. The maximum absolute atomic E-state index is 12.7. The fraction of sp³-hybridized carbons (Fsp3) is 0.500. The molecule has 1 aliphatic heterocycles. The van der Waals surface area contributed by atoms with Gasteiger partial charge < -0.3 is 9.47 Å². The number of hydrogen-bond donors (Lipinski definition) is 0. The van der Waals surface area contributed by atoms with Crippen LogP contribution in [0.4, 0.5) is 13.2 Å². The van der Waals surface area contributed by atoms with E-state index in [0.717, 1.165) is 25.0 Å². The Hall–Kier alpha value is -1.56. The Morgan fingerprint density at radius 2 is 2.10 bits per heavy atom. The maximum Gasteiger partial charge on any atom is 0.419 e. The van der Waals surface area contributed by atoms with Crippen LogP contribution >= 0.6 is 0 Å². The molecule has 1 aromatic rings. The van der Waals surface area contributed by atoms with Crippen LogP contribution in [0.1, 0.15) is 31.2 Å². The predicted octanol–water partition coefficient (Wildman–Crippen LogP) is 3.57. The summed E-state index contributed by atoms with van der Waals surface area (Å²) in [5.41, 5.74) is -0.939. The first-order chi connectivity index (χ1) is 9.47. The molecule has 0 aliphatic carbocycles. The van der Waals surface area contributed by atoms with Gasteiger partial charge in [0.15, 0.2) is 0 Å². The van der Waals surface area contributed by atoms with Crippen molar-refractivity contribution >= 4 is 5.97 Å². The van der Waals surface area contributed by atoms with Crippen LogP contribution in [-0.4, -0.2) is 18.7 Å². The minimum absolute atomic E-state index is 0.0143. The quantitative estimate of drug-likeness (QED) is 0.627. The standard InChI is InChI=1S/C14H15F3O3/c15-14(16,17)11-5-1-2-6-12(11)20-13(18)8-7-10-4-3-9-19-10/h1-2,5-6,10H,3-4,7-9H2. The van der Waals surface area contributed by atoms with E-state index in [2.05, 4.69) is 0 Å². The number of benzene rings is 1. The van der Waals surface area contributed by atoms with E-state index in [1.54, 1.807) is 0 Å². The van der Waals surface area contributed by atoms with Crippen LogP contribution < -0.4 is 4.74 Å². The average molecular weight is 288 g/mol. The number of carbonyl (C=O) groups is 1. The molecule has 0 amide bonds. The van der Waals surface area contributed by atoms with Gasteiger partial charge in [0.2, 0.25) is 0 Å². The molecule has 0 radical (unpaired) electrons. The molecule has 1 aliphatic rings. The third-order valence-corrected chi connectivity index (χ3v) is 3.11. The number of ether oxygens (including phenoxy) is 2. The summed E-state index contributed by atoms with van der Waals surface area (Å²) in [5.74, 6) is -1.12. The van der Waals surface area contributed by atoms with Crippen molar-refractivity contribution in [1.29, 1.82) is 0 Å². The first kappa shape index (κ1) is 14.8. The Kier molecular flexibility index (Phi) is 4.65. The summed E-state index contributed by atoms with van der Waals surface area (Å²) < 4.78 is 48.3. The average Bonchev–Trinajstić information content (AvgIpc) is 2.89. The van der Waals surface area contributed by atoms with E-state index < -0.39 is 23.5 Å². The van der Waals surface area contributed by atoms with E-state index in [9.17, 15) is 18.0 Å². The Balaban J connectivity index is 1.93. The molecule has 6 heteroatoms. The number of hydrogen-bond acceptors (Lipinski definition) is 3. The molecule has 0 bridgehead atoms. The molecular weight excluding hydrogens is 273 g/mol. The van der Waals surface area contributed by atoms with Crippen molar-refractivity contribution in [2.75, 3.05) is 6.61 Å². The van der Waals surface area contributed by atoms with Crippen molar-refractivity contribution in [2.24, 2.45) is 0 Å². The summed E-state index contributed by atoms with van der Waals surface area (Å²) >= 11 is 0. The van der Waals surface area contributed by atoms with Gasteiger partial charge in [-0.1, -0.05) is 12.1 Å². The summed E-state index contributed by atoms with van der Waals surface area (Å²) in [6.45, 7) is 0.677. The summed E-state index contributed by atoms with van der Waals surface area (Å²) in [4.78, 5) is 11.6. The maximum atomic E-state index is 12.7. The molecule has 1 unspecified atom stereocenters. The first-order valence-corrected chi connectivity index (χ1v) is 6.45. The van der Waals surface area contributed by atoms with Gasteiger partial charge in [0, 0.05) is 13.0 Å². The fourth-order valence-electron chi connectivity index (χ4n) is 2.11. The number of halogens is 3. The van der Waals surface area contributed by atoms with E-state index in [1.165, 1.54) is 12.1 Å². The van der Waals surface area contributed by atoms with Crippen LogP contribution in [-0.2, 0) is 15.7 Å². The van der Waals surface area contributed by atoms with Crippen LogP contribution in [0, 0.1) is 0 Å². The molecule has 0 N–H and O–H groups in total. The van der Waals surface area contributed by atoms with Crippen molar-refractivity contribution in [3.63, 3.8) is 0 Å². The van der Waals surface area contributed by atoms with E-state index in [0.29, 0.717) is 13.0 Å². The molecule has 0 aromatic heterocycles. The topological polar surface area (TPSA) is 35.5 Å². The number of carbonyl (C=O) groups excluding carboxylic acids is 1.